The Bertz CT molecular complexity index is 627. The quantitative estimate of drug-likeness (QED) is 0.620. The standard InChI is InChI=1S/C12H8N2O5/c15-13(16)9-6-7-11(14(17)18)12(8-9)19-10-4-2-1-3-5-10/h1-8H. The first kappa shape index (κ1) is 12.5. The average molecular weight is 260 g/mol. The predicted molar refractivity (Wildman–Crippen MR) is 66.3 cm³/mol. The molecular formula is C12H8N2O5. The van der Waals surface area contributed by atoms with Crippen molar-refractivity contribution in [1.82, 2.24) is 0 Å². The number of ether oxygens (including phenoxy) is 1. The molecule has 2 rings (SSSR count). The lowest BCUT2D eigenvalue weighted by Gasteiger charge is -2.05. The number of rotatable bonds is 4. The highest BCUT2D eigenvalue weighted by Gasteiger charge is 2.20. The Morgan fingerprint density at radius 1 is 0.895 bits per heavy atom. The van der Waals surface area contributed by atoms with Crippen LogP contribution in [0.25, 0.3) is 0 Å². The highest BCUT2D eigenvalue weighted by molar-refractivity contribution is 5.54. The minimum absolute atomic E-state index is 0.162. The van der Waals surface area contributed by atoms with E-state index in [-0.39, 0.29) is 17.1 Å². The van der Waals surface area contributed by atoms with Gasteiger partial charge in [0, 0.05) is 12.1 Å². The van der Waals surface area contributed by atoms with Gasteiger partial charge in [-0.1, -0.05) is 18.2 Å². The number of nitro benzene ring substituents is 2. The lowest BCUT2D eigenvalue weighted by molar-refractivity contribution is -0.389. The highest BCUT2D eigenvalue weighted by Crippen LogP contribution is 2.34. The van der Waals surface area contributed by atoms with Crippen molar-refractivity contribution in [3.63, 3.8) is 0 Å². The van der Waals surface area contributed by atoms with E-state index >= 15 is 0 Å². The molecule has 0 aliphatic carbocycles. The molecule has 0 aromatic heterocycles. The summed E-state index contributed by atoms with van der Waals surface area (Å²) in [4.78, 5) is 20.2. The molecule has 7 nitrogen and oxygen atoms in total. The molecule has 19 heavy (non-hydrogen) atoms. The van der Waals surface area contributed by atoms with Crippen LogP contribution in [0.2, 0.25) is 0 Å². The lowest BCUT2D eigenvalue weighted by Crippen LogP contribution is -1.95. The molecule has 0 fully saturated rings. The maximum atomic E-state index is 10.8. The Labute approximate surface area is 107 Å². The summed E-state index contributed by atoms with van der Waals surface area (Å²) in [6, 6.07) is 11.5. The lowest BCUT2D eigenvalue weighted by atomic mass is 10.2. The van der Waals surface area contributed by atoms with Gasteiger partial charge in [0.25, 0.3) is 5.69 Å². The summed E-state index contributed by atoms with van der Waals surface area (Å²) in [5.41, 5.74) is -0.592. The van der Waals surface area contributed by atoms with Crippen molar-refractivity contribution < 1.29 is 14.6 Å². The molecule has 7 heteroatoms. The molecule has 0 amide bonds. The monoisotopic (exact) mass is 260 g/mol. The van der Waals surface area contributed by atoms with Gasteiger partial charge in [-0.25, -0.2) is 0 Å². The first-order valence-corrected chi connectivity index (χ1v) is 5.23. The molecular weight excluding hydrogens is 252 g/mol. The molecule has 0 bridgehead atoms. The highest BCUT2D eigenvalue weighted by atomic mass is 16.6. The molecule has 0 aliphatic rings. The molecule has 0 radical (unpaired) electrons. The van der Waals surface area contributed by atoms with Crippen LogP contribution in [0.15, 0.2) is 48.5 Å². The van der Waals surface area contributed by atoms with Crippen molar-refractivity contribution in [2.45, 2.75) is 0 Å². The summed E-state index contributed by atoms with van der Waals surface area (Å²) >= 11 is 0. The maximum absolute atomic E-state index is 10.8. The van der Waals surface area contributed by atoms with Crippen molar-refractivity contribution >= 4 is 11.4 Å². The molecule has 2 aromatic carbocycles. The van der Waals surface area contributed by atoms with Crippen LogP contribution in [0.4, 0.5) is 11.4 Å². The molecule has 0 heterocycles. The summed E-state index contributed by atoms with van der Waals surface area (Å²) in [6.45, 7) is 0. The fourth-order valence-electron chi connectivity index (χ4n) is 1.46. The Morgan fingerprint density at radius 2 is 1.58 bits per heavy atom. The van der Waals surface area contributed by atoms with Gasteiger partial charge >= 0.3 is 5.69 Å². The van der Waals surface area contributed by atoms with Crippen LogP contribution < -0.4 is 4.74 Å². The number of hydrogen-bond acceptors (Lipinski definition) is 5. The second kappa shape index (κ2) is 5.13. The first-order chi connectivity index (χ1) is 9.08. The van der Waals surface area contributed by atoms with Crippen LogP contribution in [-0.2, 0) is 0 Å². The zero-order valence-corrected chi connectivity index (χ0v) is 9.55. The smallest absolute Gasteiger partial charge is 0.312 e. The zero-order chi connectivity index (χ0) is 13.8. The molecule has 0 atom stereocenters. The average Bonchev–Trinajstić information content (AvgIpc) is 2.39. The van der Waals surface area contributed by atoms with E-state index in [2.05, 4.69) is 0 Å². The molecule has 2 aromatic rings. The van der Waals surface area contributed by atoms with Crippen LogP contribution in [0.5, 0.6) is 11.5 Å². The molecule has 0 saturated carbocycles. The minimum Gasteiger partial charge on any atom is -0.450 e. The van der Waals surface area contributed by atoms with Gasteiger partial charge in [-0.3, -0.25) is 20.2 Å². The van der Waals surface area contributed by atoms with Gasteiger partial charge in [-0.15, -0.1) is 0 Å². The van der Waals surface area contributed by atoms with Gasteiger partial charge < -0.3 is 4.74 Å². The van der Waals surface area contributed by atoms with Crippen LogP contribution in [-0.4, -0.2) is 9.85 Å². The Hall–Kier alpha value is -2.96. The minimum atomic E-state index is -0.651. The molecule has 0 aliphatic heterocycles. The van der Waals surface area contributed by atoms with Crippen LogP contribution in [0, 0.1) is 20.2 Å². The third kappa shape index (κ3) is 2.83. The number of non-ortho nitro benzene ring substituents is 1. The molecule has 0 unspecified atom stereocenters. The van der Waals surface area contributed by atoms with E-state index in [1.165, 1.54) is 0 Å². The van der Waals surface area contributed by atoms with Crippen molar-refractivity contribution in [2.75, 3.05) is 0 Å². The van der Waals surface area contributed by atoms with Crippen molar-refractivity contribution in [3.8, 4) is 11.5 Å². The van der Waals surface area contributed by atoms with Gasteiger partial charge in [-0.2, -0.15) is 0 Å². The second-order valence-electron chi connectivity index (χ2n) is 3.58. The third-order valence-corrected chi connectivity index (χ3v) is 2.32. The molecule has 0 saturated heterocycles. The Balaban J connectivity index is 2.43. The van der Waals surface area contributed by atoms with Crippen LogP contribution in [0.1, 0.15) is 0 Å². The van der Waals surface area contributed by atoms with E-state index in [1.807, 2.05) is 0 Å². The summed E-state index contributed by atoms with van der Waals surface area (Å²) in [5, 5.41) is 21.5. The van der Waals surface area contributed by atoms with E-state index in [4.69, 9.17) is 4.74 Å². The maximum Gasteiger partial charge on any atom is 0.312 e. The van der Waals surface area contributed by atoms with E-state index in [0.717, 1.165) is 18.2 Å². The van der Waals surface area contributed by atoms with Gasteiger partial charge in [0.2, 0.25) is 5.75 Å². The predicted octanol–water partition coefficient (Wildman–Crippen LogP) is 3.30. The second-order valence-corrected chi connectivity index (χ2v) is 3.58. The van der Waals surface area contributed by atoms with Gasteiger partial charge in [0.1, 0.15) is 5.75 Å². The number of nitrogens with zero attached hydrogens (tertiary/aromatic N) is 2. The fourth-order valence-corrected chi connectivity index (χ4v) is 1.46. The zero-order valence-electron chi connectivity index (χ0n) is 9.55. The number of benzene rings is 2. The van der Waals surface area contributed by atoms with Crippen molar-refractivity contribution in [1.29, 1.82) is 0 Å². The third-order valence-electron chi connectivity index (χ3n) is 2.32. The number of hydrogen-bond donors (Lipinski definition) is 0. The number of nitro groups is 2. The summed E-state index contributed by atoms with van der Waals surface area (Å²) in [6.07, 6.45) is 0. The van der Waals surface area contributed by atoms with E-state index in [0.29, 0.717) is 5.75 Å². The Morgan fingerprint density at radius 3 is 2.16 bits per heavy atom. The van der Waals surface area contributed by atoms with Gasteiger partial charge in [0.15, 0.2) is 0 Å². The number of para-hydroxylation sites is 1. The van der Waals surface area contributed by atoms with E-state index < -0.39 is 9.85 Å². The van der Waals surface area contributed by atoms with Gasteiger partial charge in [0.05, 0.1) is 15.9 Å². The molecule has 0 spiro atoms. The molecule has 96 valence electrons. The van der Waals surface area contributed by atoms with Crippen LogP contribution >= 0.6 is 0 Å². The van der Waals surface area contributed by atoms with E-state index in [1.54, 1.807) is 30.3 Å². The normalized spacial score (nSPS) is 9.89. The Kier molecular flexibility index (Phi) is 3.37. The van der Waals surface area contributed by atoms with Crippen molar-refractivity contribution in [2.24, 2.45) is 0 Å². The van der Waals surface area contributed by atoms with Crippen LogP contribution in [0.3, 0.4) is 0 Å². The first-order valence-electron chi connectivity index (χ1n) is 5.23. The van der Waals surface area contributed by atoms with Gasteiger partial charge in [-0.05, 0) is 12.1 Å². The summed E-state index contributed by atoms with van der Waals surface area (Å²) < 4.78 is 5.32. The van der Waals surface area contributed by atoms with Crippen molar-refractivity contribution in [3.05, 3.63) is 68.8 Å². The topological polar surface area (TPSA) is 95.5 Å². The summed E-state index contributed by atoms with van der Waals surface area (Å²) in [5.74, 6) is 0.205. The van der Waals surface area contributed by atoms with E-state index in [9.17, 15) is 20.2 Å². The largest absolute Gasteiger partial charge is 0.450 e. The summed E-state index contributed by atoms with van der Waals surface area (Å²) in [7, 11) is 0. The molecule has 0 N–H and O–H groups in total. The fraction of sp³-hybridized carbons (Fsp3) is 0. The SMILES string of the molecule is O=[N+]([O-])c1ccc([N+](=O)[O-])c(Oc2ccccc2)c1.